The molecule has 4 aromatic rings. The molecule has 2 amide bonds. The maximum atomic E-state index is 12.2. The number of nitrogens with zero attached hydrogens (tertiary/aromatic N) is 1. The van der Waals surface area contributed by atoms with E-state index in [1.165, 1.54) is 6.07 Å². The van der Waals surface area contributed by atoms with Crippen LogP contribution in [0.5, 0.6) is 0 Å². The molecule has 0 aliphatic heterocycles. The zero-order valence-electron chi connectivity index (χ0n) is 16.9. The van der Waals surface area contributed by atoms with Gasteiger partial charge in [0.1, 0.15) is 0 Å². The number of carbonyl (C=O) groups excluding carboxylic acids is 2. The summed E-state index contributed by atoms with van der Waals surface area (Å²) in [5.74, 6) is -0.684. The number of hydrazone groups is 1. The fraction of sp³-hybridized carbons (Fsp3) is 0.0800. The van der Waals surface area contributed by atoms with Gasteiger partial charge in [0.25, 0.3) is 0 Å². The molecule has 0 fully saturated rings. The van der Waals surface area contributed by atoms with E-state index >= 15 is 0 Å². The summed E-state index contributed by atoms with van der Waals surface area (Å²) in [4.78, 5) is 24.3. The van der Waals surface area contributed by atoms with Gasteiger partial charge in [-0.15, -0.1) is 0 Å². The fourth-order valence-electron chi connectivity index (χ4n) is 3.44. The van der Waals surface area contributed by atoms with Gasteiger partial charge in [-0.2, -0.15) is 5.10 Å². The Morgan fingerprint density at radius 3 is 2.09 bits per heavy atom. The van der Waals surface area contributed by atoms with Crippen LogP contribution in [0, 0.1) is 0 Å². The van der Waals surface area contributed by atoms with Gasteiger partial charge in [0, 0.05) is 23.4 Å². The molecule has 0 aromatic heterocycles. The summed E-state index contributed by atoms with van der Waals surface area (Å²) >= 11 is 11.9. The maximum absolute atomic E-state index is 12.2. The first-order valence-electron chi connectivity index (χ1n) is 9.98. The van der Waals surface area contributed by atoms with Crippen molar-refractivity contribution in [2.45, 2.75) is 12.8 Å². The second-order valence-electron chi connectivity index (χ2n) is 7.20. The van der Waals surface area contributed by atoms with Crippen molar-refractivity contribution in [2.75, 3.05) is 5.32 Å². The van der Waals surface area contributed by atoms with Crippen LogP contribution < -0.4 is 10.7 Å². The van der Waals surface area contributed by atoms with Crippen molar-refractivity contribution in [1.82, 2.24) is 5.43 Å². The molecule has 4 rings (SSSR count). The number of nitrogens with one attached hydrogen (secondary N) is 2. The minimum Gasteiger partial charge on any atom is -0.325 e. The van der Waals surface area contributed by atoms with Gasteiger partial charge in [-0.3, -0.25) is 9.59 Å². The van der Waals surface area contributed by atoms with Gasteiger partial charge in [0.15, 0.2) is 0 Å². The third-order valence-corrected chi connectivity index (χ3v) is 5.53. The molecule has 160 valence electrons. The molecule has 0 saturated carbocycles. The van der Waals surface area contributed by atoms with Crippen LogP contribution >= 0.6 is 23.2 Å². The lowest BCUT2D eigenvalue weighted by Gasteiger charge is -2.08. The number of benzene rings is 4. The summed E-state index contributed by atoms with van der Waals surface area (Å²) in [6.45, 7) is 0. The van der Waals surface area contributed by atoms with E-state index < -0.39 is 0 Å². The summed E-state index contributed by atoms with van der Waals surface area (Å²) in [6.07, 6.45) is 1.64. The van der Waals surface area contributed by atoms with Gasteiger partial charge in [0.05, 0.1) is 16.9 Å². The molecule has 0 saturated heterocycles. The first-order chi connectivity index (χ1) is 15.5. The van der Waals surface area contributed by atoms with Crippen molar-refractivity contribution in [3.05, 3.63) is 88.4 Å². The first-order valence-corrected chi connectivity index (χ1v) is 10.7. The van der Waals surface area contributed by atoms with Crippen molar-refractivity contribution >= 4 is 68.5 Å². The maximum Gasteiger partial charge on any atom is 0.240 e. The van der Waals surface area contributed by atoms with E-state index in [2.05, 4.69) is 21.9 Å². The molecule has 7 heteroatoms. The Hall–Kier alpha value is -3.41. The Bertz CT molecular complexity index is 1300. The van der Waals surface area contributed by atoms with Gasteiger partial charge in [-0.05, 0) is 45.8 Å². The first kappa shape index (κ1) is 21.8. The largest absolute Gasteiger partial charge is 0.325 e. The molecule has 0 radical (unpaired) electrons. The molecule has 0 aliphatic rings. The molecular weight excluding hydrogens is 445 g/mol. The Labute approximate surface area is 195 Å². The number of amides is 2. The second-order valence-corrected chi connectivity index (χ2v) is 8.04. The predicted octanol–water partition coefficient (Wildman–Crippen LogP) is 6.17. The Morgan fingerprint density at radius 1 is 0.812 bits per heavy atom. The lowest BCUT2D eigenvalue weighted by Crippen LogP contribution is -2.20. The highest BCUT2D eigenvalue weighted by Crippen LogP contribution is 2.27. The lowest BCUT2D eigenvalue weighted by molar-refractivity contribution is -0.124. The van der Waals surface area contributed by atoms with Crippen LogP contribution in [-0.2, 0) is 9.59 Å². The molecule has 0 bridgehead atoms. The standard InChI is InChI=1S/C25H19Cl2N3O2/c26-18-9-10-23(22(27)14-18)29-24(31)11-12-25(32)30-28-15-21-19-7-3-1-5-16(19)13-17-6-2-4-8-20(17)21/h1-10,13-15H,11-12H2,(H,29,31)(H,30,32)/b28-15+. The van der Waals surface area contributed by atoms with Crippen LogP contribution in [0.15, 0.2) is 77.9 Å². The average Bonchev–Trinajstić information content (AvgIpc) is 2.79. The third-order valence-electron chi connectivity index (χ3n) is 4.98. The molecule has 4 aromatic carbocycles. The predicted molar refractivity (Wildman–Crippen MR) is 132 cm³/mol. The highest BCUT2D eigenvalue weighted by atomic mass is 35.5. The van der Waals surface area contributed by atoms with E-state index in [1.54, 1.807) is 18.3 Å². The van der Waals surface area contributed by atoms with Crippen molar-refractivity contribution in [1.29, 1.82) is 0 Å². The topological polar surface area (TPSA) is 70.6 Å². The minimum absolute atomic E-state index is 0.00247. The summed E-state index contributed by atoms with van der Waals surface area (Å²) < 4.78 is 0. The van der Waals surface area contributed by atoms with E-state index in [9.17, 15) is 9.59 Å². The smallest absolute Gasteiger partial charge is 0.240 e. The van der Waals surface area contributed by atoms with Crippen molar-refractivity contribution in [3.8, 4) is 0 Å². The van der Waals surface area contributed by atoms with E-state index in [1.807, 2.05) is 48.5 Å². The Kier molecular flexibility index (Phi) is 6.69. The molecule has 0 atom stereocenters. The highest BCUT2D eigenvalue weighted by molar-refractivity contribution is 6.36. The van der Waals surface area contributed by atoms with Gasteiger partial charge < -0.3 is 5.32 Å². The molecule has 5 nitrogen and oxygen atoms in total. The summed E-state index contributed by atoms with van der Waals surface area (Å²) in [5, 5.41) is 11.9. The molecule has 0 spiro atoms. The van der Waals surface area contributed by atoms with Crippen molar-refractivity contribution in [3.63, 3.8) is 0 Å². The van der Waals surface area contributed by atoms with Crippen LogP contribution in [0.25, 0.3) is 21.5 Å². The van der Waals surface area contributed by atoms with Crippen molar-refractivity contribution < 1.29 is 9.59 Å². The van der Waals surface area contributed by atoms with Gasteiger partial charge in [-0.25, -0.2) is 5.43 Å². The molecular formula is C25H19Cl2N3O2. The zero-order chi connectivity index (χ0) is 22.5. The molecule has 0 heterocycles. The third kappa shape index (κ3) is 5.07. The average molecular weight is 464 g/mol. The van der Waals surface area contributed by atoms with Gasteiger partial charge >= 0.3 is 0 Å². The second kappa shape index (κ2) is 9.81. The Balaban J connectivity index is 1.40. The number of halogens is 2. The summed E-state index contributed by atoms with van der Waals surface area (Å²) in [6, 6.07) is 23.0. The van der Waals surface area contributed by atoms with E-state index in [0.29, 0.717) is 15.7 Å². The lowest BCUT2D eigenvalue weighted by atomic mass is 9.97. The molecule has 0 unspecified atom stereocenters. The number of rotatable bonds is 6. The molecule has 32 heavy (non-hydrogen) atoms. The summed E-state index contributed by atoms with van der Waals surface area (Å²) in [7, 11) is 0. The normalized spacial score (nSPS) is 11.2. The monoisotopic (exact) mass is 463 g/mol. The number of hydrogen-bond donors (Lipinski definition) is 2. The molecule has 0 aliphatic carbocycles. The van der Waals surface area contributed by atoms with Gasteiger partial charge in [0.2, 0.25) is 11.8 Å². The van der Waals surface area contributed by atoms with E-state index in [4.69, 9.17) is 23.2 Å². The van der Waals surface area contributed by atoms with Crippen LogP contribution in [0.3, 0.4) is 0 Å². The zero-order valence-corrected chi connectivity index (χ0v) is 18.5. The fourth-order valence-corrected chi connectivity index (χ4v) is 3.90. The van der Waals surface area contributed by atoms with Crippen molar-refractivity contribution in [2.24, 2.45) is 5.10 Å². The number of fused-ring (bicyclic) bond motifs is 2. The van der Waals surface area contributed by atoms with Crippen LogP contribution in [0.2, 0.25) is 10.0 Å². The summed E-state index contributed by atoms with van der Waals surface area (Å²) in [5.41, 5.74) is 3.88. The quantitative estimate of drug-likeness (QED) is 0.204. The number of anilines is 1. The van der Waals surface area contributed by atoms with Crippen LogP contribution in [0.1, 0.15) is 18.4 Å². The van der Waals surface area contributed by atoms with Crippen LogP contribution in [-0.4, -0.2) is 18.0 Å². The van der Waals surface area contributed by atoms with Crippen LogP contribution in [0.4, 0.5) is 5.69 Å². The Morgan fingerprint density at radius 2 is 1.44 bits per heavy atom. The SMILES string of the molecule is O=C(CCC(=O)Nc1ccc(Cl)cc1Cl)N/N=C/c1c2ccccc2cc2ccccc12. The number of hydrogen-bond acceptors (Lipinski definition) is 3. The number of carbonyl (C=O) groups is 2. The van der Waals surface area contributed by atoms with E-state index in [0.717, 1.165) is 27.1 Å². The van der Waals surface area contributed by atoms with E-state index in [-0.39, 0.29) is 24.7 Å². The minimum atomic E-state index is -0.358. The molecule has 2 N–H and O–H groups in total. The highest BCUT2D eigenvalue weighted by Gasteiger charge is 2.10. The van der Waals surface area contributed by atoms with Gasteiger partial charge in [-0.1, -0.05) is 71.7 Å².